The average Bonchev–Trinajstić information content (AvgIpc) is 3.48. The van der Waals surface area contributed by atoms with Crippen LogP contribution < -0.4 is 0 Å². The number of fused-ring (bicyclic) bond motifs is 1. The van der Waals surface area contributed by atoms with Crippen molar-refractivity contribution in [1.29, 1.82) is 0 Å². The van der Waals surface area contributed by atoms with Crippen LogP contribution in [0.5, 0.6) is 5.75 Å². The minimum absolute atomic E-state index is 0.00473. The Morgan fingerprint density at radius 1 is 0.974 bits per heavy atom. The Labute approximate surface area is 214 Å². The maximum Gasteiger partial charge on any atom is 0.511 e. The van der Waals surface area contributed by atoms with E-state index in [4.69, 9.17) is 0 Å². The monoisotopic (exact) mass is 548 g/mol. The van der Waals surface area contributed by atoms with Gasteiger partial charge in [-0.05, 0) is 60.5 Å². The maximum atomic E-state index is 13.8. The predicted molar refractivity (Wildman–Crippen MR) is 131 cm³/mol. The summed E-state index contributed by atoms with van der Waals surface area (Å²) in [5.74, 6) is -2.54. The number of nitrogens with zero attached hydrogens (tertiary/aromatic N) is 2. The van der Waals surface area contributed by atoms with Crippen LogP contribution in [0.15, 0.2) is 66.7 Å². The van der Waals surface area contributed by atoms with Crippen molar-refractivity contribution in [3.8, 4) is 22.6 Å². The van der Waals surface area contributed by atoms with Crippen molar-refractivity contribution < 1.29 is 41.0 Å². The maximum absolute atomic E-state index is 13.8. The molecule has 3 aromatic carbocycles. The van der Waals surface area contributed by atoms with E-state index in [1.54, 1.807) is 16.7 Å². The molecule has 12 heteroatoms. The van der Waals surface area contributed by atoms with Crippen molar-refractivity contribution in [2.24, 2.45) is 0 Å². The van der Waals surface area contributed by atoms with Gasteiger partial charge in [0.05, 0.1) is 11.1 Å². The van der Waals surface area contributed by atoms with Crippen LogP contribution >= 0.6 is 0 Å². The molecule has 2 heterocycles. The summed E-state index contributed by atoms with van der Waals surface area (Å²) in [6.45, 7) is -0.846. The number of carboxylic acid groups (broad SMARTS) is 1. The Kier molecular flexibility index (Phi) is 6.19. The van der Waals surface area contributed by atoms with Crippen LogP contribution in [0.2, 0.25) is 0 Å². The number of aromatic hydroxyl groups is 1. The average molecular weight is 549 g/mol. The number of carbonyl (C=O) groups is 1. The number of rotatable bonds is 5. The molecular formula is C26H20F4N2O5S. The molecule has 7 nitrogen and oxygen atoms in total. The Balaban J connectivity index is 1.79. The van der Waals surface area contributed by atoms with Crippen LogP contribution in [0.25, 0.3) is 27.7 Å². The van der Waals surface area contributed by atoms with Crippen LogP contribution in [-0.2, 0) is 10.0 Å². The predicted octanol–water partition coefficient (Wildman–Crippen LogP) is 5.48. The molecule has 1 fully saturated rings. The van der Waals surface area contributed by atoms with Gasteiger partial charge in [-0.3, -0.25) is 0 Å². The van der Waals surface area contributed by atoms with Crippen molar-refractivity contribution in [1.82, 2.24) is 8.87 Å². The molecule has 1 saturated heterocycles. The van der Waals surface area contributed by atoms with E-state index in [9.17, 15) is 41.0 Å². The lowest BCUT2D eigenvalue weighted by molar-refractivity contribution is -0.0483. The summed E-state index contributed by atoms with van der Waals surface area (Å²) in [6, 6.07) is 15.8. The van der Waals surface area contributed by atoms with Gasteiger partial charge in [0.2, 0.25) is 0 Å². The molecule has 1 atom stereocenters. The molecular weight excluding hydrogens is 528 g/mol. The zero-order chi connectivity index (χ0) is 27.4. The number of phenolic OH excluding ortho intramolecular Hbond substituents is 1. The first-order chi connectivity index (χ1) is 17.9. The molecule has 0 bridgehead atoms. The van der Waals surface area contributed by atoms with Gasteiger partial charge in [0, 0.05) is 41.3 Å². The standard InChI is InChI=1S/C26H20F4N2O5S/c27-18-8-10-19(11-9-18)32-20-2-1-3-21(33)23(20)22(15-4-6-16(7-5-15)25(34)35)24(32)17-12-13-31(14-17)38(36,37)26(28,29)30/h1-11,17,33H,12-14H2,(H,34,35). The van der Waals surface area contributed by atoms with Crippen LogP contribution in [0.1, 0.15) is 28.4 Å². The zero-order valence-corrected chi connectivity index (χ0v) is 20.3. The van der Waals surface area contributed by atoms with Crippen molar-refractivity contribution in [2.75, 3.05) is 13.1 Å². The molecule has 0 radical (unpaired) electrons. The Bertz CT molecular complexity index is 1650. The first-order valence-electron chi connectivity index (χ1n) is 11.4. The largest absolute Gasteiger partial charge is 0.511 e. The van der Waals surface area contributed by atoms with Gasteiger partial charge in [-0.1, -0.05) is 18.2 Å². The van der Waals surface area contributed by atoms with Crippen LogP contribution in [0.3, 0.4) is 0 Å². The number of phenols is 1. The zero-order valence-electron chi connectivity index (χ0n) is 19.5. The molecule has 0 spiro atoms. The normalized spacial score (nSPS) is 16.8. The summed E-state index contributed by atoms with van der Waals surface area (Å²) < 4.78 is 80.1. The van der Waals surface area contributed by atoms with Crippen molar-refractivity contribution in [2.45, 2.75) is 17.8 Å². The number of sulfonamides is 1. The minimum atomic E-state index is -5.57. The summed E-state index contributed by atoms with van der Waals surface area (Å²) >= 11 is 0. The van der Waals surface area contributed by atoms with E-state index in [-0.39, 0.29) is 24.3 Å². The van der Waals surface area contributed by atoms with Crippen LogP contribution in [0.4, 0.5) is 17.6 Å². The number of aromatic nitrogens is 1. The summed E-state index contributed by atoms with van der Waals surface area (Å²) in [7, 11) is -5.57. The van der Waals surface area contributed by atoms with Gasteiger partial charge in [-0.15, -0.1) is 0 Å². The van der Waals surface area contributed by atoms with E-state index < -0.39 is 39.8 Å². The van der Waals surface area contributed by atoms with Crippen molar-refractivity contribution in [3.05, 3.63) is 83.8 Å². The third-order valence-electron chi connectivity index (χ3n) is 6.68. The number of carboxylic acids is 1. The molecule has 1 aromatic heterocycles. The molecule has 1 aliphatic rings. The molecule has 38 heavy (non-hydrogen) atoms. The fourth-order valence-corrected chi connectivity index (χ4v) is 6.00. The summed E-state index contributed by atoms with van der Waals surface area (Å²) in [6.07, 6.45) is 0.0494. The van der Waals surface area contributed by atoms with Crippen molar-refractivity contribution >= 4 is 26.9 Å². The number of benzene rings is 3. The molecule has 0 amide bonds. The molecule has 2 N–H and O–H groups in total. The topological polar surface area (TPSA) is 99.8 Å². The SMILES string of the molecule is O=C(O)c1ccc(-c2c(C3CCN(S(=O)(=O)C(F)(F)F)C3)n(-c3ccc(F)cc3)c3cccc(O)c23)cc1. The van der Waals surface area contributed by atoms with E-state index in [0.717, 1.165) is 0 Å². The number of aromatic carboxylic acids is 1. The minimum Gasteiger partial charge on any atom is -0.507 e. The van der Waals surface area contributed by atoms with Crippen LogP contribution in [-0.4, -0.2) is 52.1 Å². The summed E-state index contributed by atoms with van der Waals surface area (Å²) in [4.78, 5) is 11.4. The summed E-state index contributed by atoms with van der Waals surface area (Å²) in [5, 5.41) is 20.5. The van der Waals surface area contributed by atoms with Gasteiger partial charge in [-0.2, -0.15) is 17.5 Å². The second-order valence-corrected chi connectivity index (χ2v) is 10.8. The molecule has 1 aliphatic heterocycles. The second kappa shape index (κ2) is 9.14. The van der Waals surface area contributed by atoms with E-state index in [1.807, 2.05) is 0 Å². The Hall–Kier alpha value is -3.90. The molecule has 0 aliphatic carbocycles. The van der Waals surface area contributed by atoms with E-state index >= 15 is 0 Å². The van der Waals surface area contributed by atoms with E-state index in [2.05, 4.69) is 0 Å². The number of hydrogen-bond donors (Lipinski definition) is 2. The number of halogens is 4. The summed E-state index contributed by atoms with van der Waals surface area (Å²) in [5.41, 5.74) is -3.26. The highest BCUT2D eigenvalue weighted by Gasteiger charge is 2.52. The lowest BCUT2D eigenvalue weighted by Gasteiger charge is -2.20. The first-order valence-corrected chi connectivity index (χ1v) is 12.9. The Morgan fingerprint density at radius 2 is 1.63 bits per heavy atom. The Morgan fingerprint density at radius 3 is 2.24 bits per heavy atom. The molecule has 198 valence electrons. The van der Waals surface area contributed by atoms with Gasteiger partial charge >= 0.3 is 21.5 Å². The van der Waals surface area contributed by atoms with Gasteiger partial charge in [0.15, 0.2) is 0 Å². The van der Waals surface area contributed by atoms with Crippen molar-refractivity contribution in [3.63, 3.8) is 0 Å². The van der Waals surface area contributed by atoms with E-state index in [1.165, 1.54) is 54.6 Å². The highest BCUT2D eigenvalue weighted by molar-refractivity contribution is 7.90. The quantitative estimate of drug-likeness (QED) is 0.322. The first kappa shape index (κ1) is 25.7. The molecule has 1 unspecified atom stereocenters. The molecule has 0 saturated carbocycles. The third kappa shape index (κ3) is 4.19. The van der Waals surface area contributed by atoms with Crippen LogP contribution in [0, 0.1) is 5.82 Å². The lowest BCUT2D eigenvalue weighted by atomic mass is 9.93. The highest BCUT2D eigenvalue weighted by Crippen LogP contribution is 2.47. The number of hydrogen-bond acceptors (Lipinski definition) is 4. The van der Waals surface area contributed by atoms with Gasteiger partial charge < -0.3 is 14.8 Å². The molecule has 4 aromatic rings. The lowest BCUT2D eigenvalue weighted by Crippen LogP contribution is -2.39. The van der Waals surface area contributed by atoms with Gasteiger partial charge in [-0.25, -0.2) is 17.6 Å². The third-order valence-corrected chi connectivity index (χ3v) is 8.28. The molecule has 5 rings (SSSR count). The highest BCUT2D eigenvalue weighted by atomic mass is 32.2. The number of alkyl halides is 3. The fourth-order valence-electron chi connectivity index (χ4n) is 4.98. The van der Waals surface area contributed by atoms with Gasteiger partial charge in [0.1, 0.15) is 11.6 Å². The van der Waals surface area contributed by atoms with Gasteiger partial charge in [0.25, 0.3) is 0 Å². The smallest absolute Gasteiger partial charge is 0.507 e. The van der Waals surface area contributed by atoms with E-state index in [0.29, 0.717) is 37.7 Å². The fraction of sp³-hybridized carbons (Fsp3) is 0.192. The second-order valence-electron chi connectivity index (χ2n) is 8.92.